The fourth-order valence-corrected chi connectivity index (χ4v) is 4.10. The Kier molecular flexibility index (Phi) is 23.0. The molecule has 0 fully saturated rings. The van der Waals surface area contributed by atoms with E-state index in [0.717, 1.165) is 5.92 Å². The van der Waals surface area contributed by atoms with E-state index in [1.54, 1.807) is 0 Å². The maximum absolute atomic E-state index is 2.49. The number of unbranched alkanes of at least 4 members (excludes halogenated alkanes) is 18. The molecule has 0 heterocycles. The summed E-state index contributed by atoms with van der Waals surface area (Å²) in [6.45, 7) is 7.09. The fourth-order valence-electron chi connectivity index (χ4n) is 4.10. The molecule has 1 unspecified atom stereocenters. The van der Waals surface area contributed by atoms with Gasteiger partial charge in [0.25, 0.3) is 0 Å². The maximum Gasteiger partial charge on any atom is -0.0443 e. The Bertz CT molecular complexity index is 232. The van der Waals surface area contributed by atoms with Crippen LogP contribution in [0.15, 0.2) is 0 Å². The van der Waals surface area contributed by atoms with Crippen LogP contribution in [0, 0.1) is 5.92 Å². The molecule has 1 atom stereocenters. The second-order valence-electron chi connectivity index (χ2n) is 9.05. The van der Waals surface area contributed by atoms with E-state index in [2.05, 4.69) is 20.8 Å². The van der Waals surface area contributed by atoms with Crippen molar-refractivity contribution in [2.75, 3.05) is 0 Å². The Morgan fingerprint density at radius 3 is 0.846 bits per heavy atom. The largest absolute Gasteiger partial charge is 0.0654 e. The van der Waals surface area contributed by atoms with Crippen LogP contribution in [0.2, 0.25) is 0 Å². The molecule has 0 aliphatic rings. The third-order valence-corrected chi connectivity index (χ3v) is 6.10. The molecule has 0 amide bonds. The van der Waals surface area contributed by atoms with Crippen LogP contribution in [0.5, 0.6) is 0 Å². The normalized spacial score (nSPS) is 12.6. The Morgan fingerprint density at radius 2 is 0.577 bits per heavy atom. The van der Waals surface area contributed by atoms with Crippen molar-refractivity contribution in [2.24, 2.45) is 5.92 Å². The van der Waals surface area contributed by atoms with Gasteiger partial charge in [-0.15, -0.1) is 0 Å². The molecular weight excluding hydrogens is 312 g/mol. The smallest absolute Gasteiger partial charge is 0.0443 e. The third kappa shape index (κ3) is 22.0. The Morgan fingerprint density at radius 1 is 0.346 bits per heavy atom. The lowest BCUT2D eigenvalue weighted by molar-refractivity contribution is 0.430. The highest BCUT2D eigenvalue weighted by molar-refractivity contribution is 4.56. The summed E-state index contributed by atoms with van der Waals surface area (Å²) in [5, 5.41) is 0. The first-order valence-corrected chi connectivity index (χ1v) is 12.8. The summed E-state index contributed by atoms with van der Waals surface area (Å²) < 4.78 is 0. The molecule has 0 rings (SSSR count). The van der Waals surface area contributed by atoms with Crippen LogP contribution in [0.4, 0.5) is 0 Å². The van der Waals surface area contributed by atoms with Crippen LogP contribution in [-0.2, 0) is 0 Å². The van der Waals surface area contributed by atoms with Gasteiger partial charge in [0.15, 0.2) is 0 Å². The monoisotopic (exact) mass is 366 g/mol. The van der Waals surface area contributed by atoms with E-state index in [9.17, 15) is 0 Å². The molecule has 0 bridgehead atoms. The lowest BCUT2D eigenvalue weighted by Gasteiger charge is -2.11. The third-order valence-electron chi connectivity index (χ3n) is 6.10. The second-order valence-corrected chi connectivity index (χ2v) is 9.05. The van der Waals surface area contributed by atoms with Crippen molar-refractivity contribution in [1.82, 2.24) is 0 Å². The first-order chi connectivity index (χ1) is 12.8. The lowest BCUT2D eigenvalue weighted by Crippen LogP contribution is -1.95. The summed E-state index contributed by atoms with van der Waals surface area (Å²) >= 11 is 0. The van der Waals surface area contributed by atoms with Crippen LogP contribution < -0.4 is 0 Å². The van der Waals surface area contributed by atoms with Crippen molar-refractivity contribution in [1.29, 1.82) is 0 Å². The van der Waals surface area contributed by atoms with Gasteiger partial charge in [0.1, 0.15) is 0 Å². The minimum absolute atomic E-state index is 0.971. The van der Waals surface area contributed by atoms with Crippen LogP contribution in [0.1, 0.15) is 162 Å². The molecule has 0 heteroatoms. The zero-order chi connectivity index (χ0) is 19.1. The average molecular weight is 367 g/mol. The first-order valence-electron chi connectivity index (χ1n) is 12.8. The lowest BCUT2D eigenvalue weighted by atomic mass is 9.95. The standard InChI is InChI=1S/C26H54/c1-4-6-8-10-12-14-15-16-17-19-21-23-25-26(3)24-22-20-18-13-11-9-7-5-2/h26H,4-25H2,1-3H3. The van der Waals surface area contributed by atoms with Gasteiger partial charge in [-0.25, -0.2) is 0 Å². The summed E-state index contributed by atoms with van der Waals surface area (Å²) in [5.74, 6) is 0.971. The van der Waals surface area contributed by atoms with Crippen LogP contribution >= 0.6 is 0 Å². The van der Waals surface area contributed by atoms with Gasteiger partial charge in [-0.1, -0.05) is 162 Å². The number of hydrogen-bond donors (Lipinski definition) is 0. The van der Waals surface area contributed by atoms with Crippen LogP contribution in [-0.4, -0.2) is 0 Å². The van der Waals surface area contributed by atoms with Crippen LogP contribution in [0.3, 0.4) is 0 Å². The molecule has 0 aromatic rings. The van der Waals surface area contributed by atoms with Gasteiger partial charge in [-0.2, -0.15) is 0 Å². The van der Waals surface area contributed by atoms with E-state index in [1.807, 2.05) is 0 Å². The van der Waals surface area contributed by atoms with E-state index in [-0.39, 0.29) is 0 Å². The minimum Gasteiger partial charge on any atom is -0.0654 e. The average Bonchev–Trinajstić information content (AvgIpc) is 2.65. The molecule has 0 aromatic carbocycles. The van der Waals surface area contributed by atoms with Gasteiger partial charge in [-0.3, -0.25) is 0 Å². The predicted octanol–water partition coefficient (Wildman–Crippen LogP) is 10.2. The summed E-state index contributed by atoms with van der Waals surface area (Å²) in [6.07, 6.45) is 32.3. The molecule has 0 radical (unpaired) electrons. The minimum atomic E-state index is 0.971. The summed E-state index contributed by atoms with van der Waals surface area (Å²) in [4.78, 5) is 0. The molecule has 0 nitrogen and oxygen atoms in total. The zero-order valence-corrected chi connectivity index (χ0v) is 19.1. The van der Waals surface area contributed by atoms with Gasteiger partial charge < -0.3 is 0 Å². The SMILES string of the molecule is CCCCCCCCCCCCCCC(C)CCCCCCCCCC. The van der Waals surface area contributed by atoms with Gasteiger partial charge in [0.05, 0.1) is 0 Å². The second kappa shape index (κ2) is 23.0. The van der Waals surface area contributed by atoms with E-state index in [0.29, 0.717) is 0 Å². The fraction of sp³-hybridized carbons (Fsp3) is 1.00. The number of rotatable bonds is 22. The first kappa shape index (κ1) is 26.0. The highest BCUT2D eigenvalue weighted by Crippen LogP contribution is 2.19. The zero-order valence-electron chi connectivity index (χ0n) is 19.1. The van der Waals surface area contributed by atoms with Crippen molar-refractivity contribution in [3.05, 3.63) is 0 Å². The Balaban J connectivity index is 3.11. The molecule has 0 aromatic heterocycles. The van der Waals surface area contributed by atoms with Gasteiger partial charge >= 0.3 is 0 Å². The highest BCUT2D eigenvalue weighted by atomic mass is 14.1. The van der Waals surface area contributed by atoms with Gasteiger partial charge in [0, 0.05) is 0 Å². The predicted molar refractivity (Wildman–Crippen MR) is 122 cm³/mol. The van der Waals surface area contributed by atoms with Crippen molar-refractivity contribution in [3.8, 4) is 0 Å². The molecule has 0 saturated carbocycles. The molecule has 0 saturated heterocycles. The van der Waals surface area contributed by atoms with E-state index < -0.39 is 0 Å². The molecule has 158 valence electrons. The Labute approximate surface area is 168 Å². The quantitative estimate of drug-likeness (QED) is 0.167. The highest BCUT2D eigenvalue weighted by Gasteiger charge is 2.02. The van der Waals surface area contributed by atoms with E-state index in [4.69, 9.17) is 0 Å². The van der Waals surface area contributed by atoms with Crippen molar-refractivity contribution >= 4 is 0 Å². The van der Waals surface area contributed by atoms with Gasteiger partial charge in [0.2, 0.25) is 0 Å². The van der Waals surface area contributed by atoms with Crippen molar-refractivity contribution < 1.29 is 0 Å². The molecule has 0 aliphatic heterocycles. The molecule has 0 spiro atoms. The van der Waals surface area contributed by atoms with Crippen LogP contribution in [0.25, 0.3) is 0 Å². The van der Waals surface area contributed by atoms with Crippen molar-refractivity contribution in [2.45, 2.75) is 162 Å². The number of hydrogen-bond acceptors (Lipinski definition) is 0. The van der Waals surface area contributed by atoms with Crippen molar-refractivity contribution in [3.63, 3.8) is 0 Å². The molecule has 0 N–H and O–H groups in total. The Hall–Kier alpha value is 0. The molecular formula is C26H54. The maximum atomic E-state index is 2.49. The van der Waals surface area contributed by atoms with Gasteiger partial charge in [-0.05, 0) is 5.92 Å². The summed E-state index contributed by atoms with van der Waals surface area (Å²) in [5.41, 5.74) is 0. The molecule has 26 heavy (non-hydrogen) atoms. The topological polar surface area (TPSA) is 0 Å². The van der Waals surface area contributed by atoms with E-state index in [1.165, 1.54) is 141 Å². The summed E-state index contributed by atoms with van der Waals surface area (Å²) in [7, 11) is 0. The van der Waals surface area contributed by atoms with E-state index >= 15 is 0 Å². The molecule has 0 aliphatic carbocycles. The summed E-state index contributed by atoms with van der Waals surface area (Å²) in [6, 6.07) is 0.